The smallest absolute Gasteiger partial charge is 0.416 e. The summed E-state index contributed by atoms with van der Waals surface area (Å²) < 4.78 is 38.9. The first-order valence-corrected chi connectivity index (χ1v) is 8.32. The largest absolute Gasteiger partial charge is 0.508 e. The Morgan fingerprint density at radius 1 is 0.926 bits per heavy atom. The monoisotopic (exact) mass is 368 g/mol. The van der Waals surface area contributed by atoms with E-state index in [1.165, 1.54) is 6.07 Å². The highest BCUT2D eigenvalue weighted by atomic mass is 19.4. The number of fused-ring (bicyclic) bond motifs is 1. The zero-order chi connectivity index (χ0) is 19.0. The van der Waals surface area contributed by atoms with Crippen molar-refractivity contribution in [3.63, 3.8) is 0 Å². The van der Waals surface area contributed by atoms with Gasteiger partial charge in [0.05, 0.1) is 5.56 Å². The van der Waals surface area contributed by atoms with E-state index in [0.29, 0.717) is 17.8 Å². The van der Waals surface area contributed by atoms with Crippen LogP contribution in [0.4, 0.5) is 19.0 Å². The van der Waals surface area contributed by atoms with Crippen LogP contribution < -0.4 is 5.32 Å². The summed E-state index contributed by atoms with van der Waals surface area (Å²) in [6.45, 7) is 0. The predicted octanol–water partition coefficient (Wildman–Crippen LogP) is 5.48. The number of hydrogen-bond acceptors (Lipinski definition) is 3. The van der Waals surface area contributed by atoms with E-state index in [-0.39, 0.29) is 5.75 Å². The predicted molar refractivity (Wildman–Crippen MR) is 98.1 cm³/mol. The van der Waals surface area contributed by atoms with Crippen LogP contribution in [0.25, 0.3) is 16.7 Å². The summed E-state index contributed by atoms with van der Waals surface area (Å²) in [5.41, 5.74) is 3.13. The molecule has 2 N–H and O–H groups in total. The molecule has 0 fully saturated rings. The first-order valence-electron chi connectivity index (χ1n) is 8.32. The van der Waals surface area contributed by atoms with Gasteiger partial charge in [0.25, 0.3) is 0 Å². The number of nitrogens with one attached hydrogen (secondary N) is 1. The summed E-state index contributed by atoms with van der Waals surface area (Å²) in [6.07, 6.45) is -0.521. The van der Waals surface area contributed by atoms with E-state index >= 15 is 0 Å². The van der Waals surface area contributed by atoms with E-state index < -0.39 is 11.7 Å². The fraction of sp³-hybridized carbons (Fsp3) is 0.0952. The van der Waals surface area contributed by atoms with Gasteiger partial charge >= 0.3 is 6.18 Å². The minimum atomic E-state index is -4.37. The molecule has 136 valence electrons. The summed E-state index contributed by atoms with van der Waals surface area (Å²) in [6, 6.07) is 14.1. The average molecular weight is 368 g/mol. The number of pyridine rings is 1. The Bertz CT molecular complexity index is 1040. The lowest BCUT2D eigenvalue weighted by atomic mass is 9.94. The molecule has 1 aliphatic heterocycles. The van der Waals surface area contributed by atoms with Gasteiger partial charge in [0.1, 0.15) is 11.6 Å². The van der Waals surface area contributed by atoms with Crippen LogP contribution in [0.5, 0.6) is 5.75 Å². The molecule has 0 saturated heterocycles. The van der Waals surface area contributed by atoms with Crippen molar-refractivity contribution in [2.45, 2.75) is 12.6 Å². The molecule has 4 rings (SSSR count). The maximum Gasteiger partial charge on any atom is 0.416 e. The van der Waals surface area contributed by atoms with Gasteiger partial charge in [-0.25, -0.2) is 4.98 Å². The normalized spacial score (nSPS) is 13.5. The number of hydrogen-bond donors (Lipinski definition) is 2. The average Bonchev–Trinajstić information content (AvgIpc) is 2.66. The maximum absolute atomic E-state index is 13.0. The van der Waals surface area contributed by atoms with Crippen LogP contribution in [0.1, 0.15) is 16.7 Å². The van der Waals surface area contributed by atoms with Crippen molar-refractivity contribution in [3.8, 4) is 16.9 Å². The Morgan fingerprint density at radius 3 is 2.48 bits per heavy atom. The third-order valence-electron chi connectivity index (χ3n) is 4.47. The van der Waals surface area contributed by atoms with Gasteiger partial charge in [-0.15, -0.1) is 0 Å². The Balaban J connectivity index is 1.66. The highest BCUT2D eigenvalue weighted by Crippen LogP contribution is 2.34. The molecule has 3 aromatic rings. The molecular weight excluding hydrogens is 353 g/mol. The van der Waals surface area contributed by atoms with E-state index in [0.717, 1.165) is 34.4 Å². The molecule has 3 nitrogen and oxygen atoms in total. The quantitative estimate of drug-likeness (QED) is 0.629. The summed E-state index contributed by atoms with van der Waals surface area (Å²) in [5.74, 6) is 0.836. The number of phenols is 1. The Morgan fingerprint density at radius 2 is 1.70 bits per heavy atom. The van der Waals surface area contributed by atoms with Crippen LogP contribution in [-0.2, 0) is 12.6 Å². The number of phenolic OH excluding ortho intramolecular Hbond substituents is 1. The number of allylic oxidation sites excluding steroid dienone is 1. The third-order valence-corrected chi connectivity index (χ3v) is 4.47. The molecule has 0 bridgehead atoms. The van der Waals surface area contributed by atoms with Gasteiger partial charge in [-0.2, -0.15) is 13.2 Å². The fourth-order valence-corrected chi connectivity index (χ4v) is 3.11. The molecule has 0 unspecified atom stereocenters. The Kier molecular flexibility index (Phi) is 4.11. The van der Waals surface area contributed by atoms with Crippen molar-refractivity contribution in [2.75, 3.05) is 5.32 Å². The van der Waals surface area contributed by atoms with E-state index in [1.807, 2.05) is 12.1 Å². The number of anilines is 1. The van der Waals surface area contributed by atoms with Gasteiger partial charge in [0, 0.05) is 24.4 Å². The molecule has 0 spiro atoms. The molecule has 2 heterocycles. The van der Waals surface area contributed by atoms with Gasteiger partial charge < -0.3 is 10.4 Å². The number of rotatable bonds is 2. The molecule has 0 saturated carbocycles. The minimum absolute atomic E-state index is 0.160. The van der Waals surface area contributed by atoms with Crippen molar-refractivity contribution in [1.29, 1.82) is 0 Å². The molecule has 1 aliphatic rings. The van der Waals surface area contributed by atoms with E-state index in [2.05, 4.69) is 10.3 Å². The number of aromatic nitrogens is 1. The van der Waals surface area contributed by atoms with Crippen LogP contribution in [-0.4, -0.2) is 10.1 Å². The molecule has 27 heavy (non-hydrogen) atoms. The number of halogens is 3. The lowest BCUT2D eigenvalue weighted by molar-refractivity contribution is -0.137. The maximum atomic E-state index is 13.0. The van der Waals surface area contributed by atoms with E-state index in [9.17, 15) is 18.3 Å². The van der Waals surface area contributed by atoms with Crippen LogP contribution >= 0.6 is 0 Å². The van der Waals surface area contributed by atoms with Gasteiger partial charge in [-0.1, -0.05) is 24.3 Å². The lowest BCUT2D eigenvalue weighted by Crippen LogP contribution is -2.09. The second kappa shape index (κ2) is 6.46. The minimum Gasteiger partial charge on any atom is -0.508 e. The molecule has 0 atom stereocenters. The molecular formula is C21H15F3N2O. The van der Waals surface area contributed by atoms with Crippen molar-refractivity contribution in [2.24, 2.45) is 0 Å². The fourth-order valence-electron chi connectivity index (χ4n) is 3.11. The van der Waals surface area contributed by atoms with Crippen LogP contribution in [0.3, 0.4) is 0 Å². The topological polar surface area (TPSA) is 45.2 Å². The van der Waals surface area contributed by atoms with Crippen molar-refractivity contribution in [1.82, 2.24) is 4.98 Å². The van der Waals surface area contributed by atoms with Crippen LogP contribution in [0.2, 0.25) is 0 Å². The number of benzene rings is 2. The molecule has 0 radical (unpaired) electrons. The first kappa shape index (κ1) is 17.1. The zero-order valence-corrected chi connectivity index (χ0v) is 14.1. The summed E-state index contributed by atoms with van der Waals surface area (Å²) in [7, 11) is 0. The molecule has 2 aromatic carbocycles. The summed E-state index contributed by atoms with van der Waals surface area (Å²) in [4.78, 5) is 4.39. The number of alkyl halides is 3. The number of aromatic hydroxyl groups is 1. The second-order valence-corrected chi connectivity index (χ2v) is 6.35. The summed E-state index contributed by atoms with van der Waals surface area (Å²) in [5, 5.41) is 12.7. The van der Waals surface area contributed by atoms with Gasteiger partial charge in [-0.05, 0) is 52.6 Å². The van der Waals surface area contributed by atoms with E-state index in [4.69, 9.17) is 0 Å². The molecule has 1 aromatic heterocycles. The number of nitrogens with zero attached hydrogens (tertiary/aromatic N) is 1. The first-order chi connectivity index (χ1) is 12.9. The SMILES string of the molecule is Oc1cccc(-c2cnc3c(c2)CC(c2cccc(C(F)(F)F)c2)=CN3)c1. The van der Waals surface area contributed by atoms with Crippen LogP contribution in [0.15, 0.2) is 67.0 Å². The van der Waals surface area contributed by atoms with Crippen LogP contribution in [0, 0.1) is 0 Å². The summed E-state index contributed by atoms with van der Waals surface area (Å²) >= 11 is 0. The highest BCUT2D eigenvalue weighted by Gasteiger charge is 2.30. The third kappa shape index (κ3) is 3.51. The standard InChI is InChI=1S/C21H15F3N2O/c22-21(23,24)18-5-1-3-13(9-18)16-7-15-8-17(12-26-20(15)25-11-16)14-4-2-6-19(27)10-14/h1-6,8-12,27H,7H2,(H,25,26). The van der Waals surface area contributed by atoms with E-state index in [1.54, 1.807) is 36.7 Å². The van der Waals surface area contributed by atoms with Gasteiger partial charge in [-0.3, -0.25) is 0 Å². The lowest BCUT2D eigenvalue weighted by Gasteiger charge is -2.19. The molecule has 0 aliphatic carbocycles. The van der Waals surface area contributed by atoms with Gasteiger partial charge in [0.15, 0.2) is 0 Å². The van der Waals surface area contributed by atoms with Gasteiger partial charge in [0.2, 0.25) is 0 Å². The highest BCUT2D eigenvalue weighted by molar-refractivity contribution is 5.77. The van der Waals surface area contributed by atoms with Crippen molar-refractivity contribution >= 4 is 11.4 Å². The zero-order valence-electron chi connectivity index (χ0n) is 14.1. The van der Waals surface area contributed by atoms with Crippen molar-refractivity contribution in [3.05, 3.63) is 83.7 Å². The second-order valence-electron chi connectivity index (χ2n) is 6.35. The Hall–Kier alpha value is -3.28. The molecule has 6 heteroatoms. The molecule has 0 amide bonds. The van der Waals surface area contributed by atoms with Crippen molar-refractivity contribution < 1.29 is 18.3 Å². The Labute approximate surface area is 153 Å².